The van der Waals surface area contributed by atoms with Crippen LogP contribution < -0.4 is 10.1 Å². The average molecular weight is 477 g/mol. The quantitative estimate of drug-likeness (QED) is 0.361. The molecule has 1 saturated carbocycles. The highest BCUT2D eigenvalue weighted by Crippen LogP contribution is 2.27. The van der Waals surface area contributed by atoms with Crippen molar-refractivity contribution in [1.29, 1.82) is 0 Å². The zero-order chi connectivity index (χ0) is 19.1. The highest BCUT2D eigenvalue weighted by atomic mass is 127. The maximum absolute atomic E-state index is 12.5. The van der Waals surface area contributed by atoms with E-state index in [2.05, 4.69) is 27.9 Å². The van der Waals surface area contributed by atoms with Crippen molar-refractivity contribution in [3.05, 3.63) is 57.2 Å². The molecule has 1 N–H and O–H groups in total. The lowest BCUT2D eigenvalue weighted by Gasteiger charge is -2.21. The SMILES string of the molecule is Cc1ccc(C(=O)Nc2cccc(OCCCC3CCCCC3)c2)cc1I. The van der Waals surface area contributed by atoms with E-state index in [-0.39, 0.29) is 5.91 Å². The number of carbonyl (C=O) groups is 1. The Kier molecular flexibility index (Phi) is 7.56. The summed E-state index contributed by atoms with van der Waals surface area (Å²) in [6.45, 7) is 2.78. The number of hydrogen-bond donors (Lipinski definition) is 1. The highest BCUT2D eigenvalue weighted by molar-refractivity contribution is 14.1. The maximum Gasteiger partial charge on any atom is 0.255 e. The minimum Gasteiger partial charge on any atom is -0.494 e. The lowest BCUT2D eigenvalue weighted by Crippen LogP contribution is -2.12. The van der Waals surface area contributed by atoms with Crippen LogP contribution in [0.25, 0.3) is 0 Å². The largest absolute Gasteiger partial charge is 0.494 e. The first-order valence-corrected chi connectivity index (χ1v) is 11.0. The van der Waals surface area contributed by atoms with Crippen LogP contribution in [0.15, 0.2) is 42.5 Å². The van der Waals surface area contributed by atoms with E-state index in [9.17, 15) is 4.79 Å². The lowest BCUT2D eigenvalue weighted by molar-refractivity contribution is 0.102. The van der Waals surface area contributed by atoms with E-state index >= 15 is 0 Å². The number of amides is 1. The molecule has 0 heterocycles. The predicted molar refractivity (Wildman–Crippen MR) is 120 cm³/mol. The van der Waals surface area contributed by atoms with Crippen LogP contribution in [-0.4, -0.2) is 12.5 Å². The van der Waals surface area contributed by atoms with E-state index in [1.807, 2.05) is 49.4 Å². The molecule has 0 bridgehead atoms. The number of hydrogen-bond acceptors (Lipinski definition) is 2. The Morgan fingerprint density at radius 1 is 1.15 bits per heavy atom. The molecule has 144 valence electrons. The van der Waals surface area contributed by atoms with Gasteiger partial charge in [0.25, 0.3) is 5.91 Å². The summed E-state index contributed by atoms with van der Waals surface area (Å²) in [4.78, 5) is 12.5. The lowest BCUT2D eigenvalue weighted by atomic mass is 9.86. The number of rotatable bonds is 7. The Bertz CT molecular complexity index is 769. The van der Waals surface area contributed by atoms with Gasteiger partial charge in [0, 0.05) is 20.9 Å². The molecule has 1 aliphatic rings. The molecular formula is C23H28INO2. The Balaban J connectivity index is 1.49. The molecule has 3 rings (SSSR count). The van der Waals surface area contributed by atoms with Gasteiger partial charge in [-0.25, -0.2) is 0 Å². The molecular weight excluding hydrogens is 449 g/mol. The van der Waals surface area contributed by atoms with Crippen molar-refractivity contribution in [3.8, 4) is 5.75 Å². The fourth-order valence-corrected chi connectivity index (χ4v) is 4.15. The molecule has 27 heavy (non-hydrogen) atoms. The topological polar surface area (TPSA) is 38.3 Å². The van der Waals surface area contributed by atoms with E-state index in [4.69, 9.17) is 4.74 Å². The third-order valence-electron chi connectivity index (χ3n) is 5.28. The summed E-state index contributed by atoms with van der Waals surface area (Å²) in [5, 5.41) is 2.97. The Morgan fingerprint density at radius 2 is 1.96 bits per heavy atom. The molecule has 1 amide bonds. The van der Waals surface area contributed by atoms with Crippen LogP contribution >= 0.6 is 22.6 Å². The van der Waals surface area contributed by atoms with Gasteiger partial charge in [-0.2, -0.15) is 0 Å². The van der Waals surface area contributed by atoms with Crippen molar-refractivity contribution in [2.45, 2.75) is 51.9 Å². The normalized spacial score (nSPS) is 14.7. The van der Waals surface area contributed by atoms with Crippen LogP contribution in [-0.2, 0) is 0 Å². The smallest absolute Gasteiger partial charge is 0.255 e. The van der Waals surface area contributed by atoms with Gasteiger partial charge in [0.1, 0.15) is 5.75 Å². The summed E-state index contributed by atoms with van der Waals surface area (Å²) in [7, 11) is 0. The highest BCUT2D eigenvalue weighted by Gasteiger charge is 2.13. The summed E-state index contributed by atoms with van der Waals surface area (Å²) < 4.78 is 7.00. The third kappa shape index (κ3) is 6.23. The number of anilines is 1. The number of nitrogens with one attached hydrogen (secondary N) is 1. The van der Waals surface area contributed by atoms with E-state index in [0.717, 1.165) is 34.0 Å². The number of ether oxygens (including phenoxy) is 1. The van der Waals surface area contributed by atoms with Crippen molar-refractivity contribution in [2.24, 2.45) is 5.92 Å². The molecule has 0 spiro atoms. The molecule has 0 radical (unpaired) electrons. The summed E-state index contributed by atoms with van der Waals surface area (Å²) in [5.41, 5.74) is 2.61. The monoisotopic (exact) mass is 477 g/mol. The molecule has 0 unspecified atom stereocenters. The number of aryl methyl sites for hydroxylation is 1. The second-order valence-electron chi connectivity index (χ2n) is 7.44. The van der Waals surface area contributed by atoms with Crippen molar-refractivity contribution < 1.29 is 9.53 Å². The fraction of sp³-hybridized carbons (Fsp3) is 0.435. The number of carbonyl (C=O) groups excluding carboxylic acids is 1. The minimum atomic E-state index is -0.0950. The summed E-state index contributed by atoms with van der Waals surface area (Å²) >= 11 is 2.25. The van der Waals surface area contributed by atoms with Crippen LogP contribution in [0.1, 0.15) is 60.9 Å². The Morgan fingerprint density at radius 3 is 2.74 bits per heavy atom. The van der Waals surface area contributed by atoms with Gasteiger partial charge >= 0.3 is 0 Å². The molecule has 4 heteroatoms. The second kappa shape index (κ2) is 10.1. The fourth-order valence-electron chi connectivity index (χ4n) is 3.64. The van der Waals surface area contributed by atoms with Crippen LogP contribution in [0, 0.1) is 16.4 Å². The maximum atomic E-state index is 12.5. The average Bonchev–Trinajstić information content (AvgIpc) is 2.68. The Hall–Kier alpha value is -1.56. The van der Waals surface area contributed by atoms with Gasteiger partial charge in [0.15, 0.2) is 0 Å². The van der Waals surface area contributed by atoms with Crippen LogP contribution in [0.4, 0.5) is 5.69 Å². The zero-order valence-electron chi connectivity index (χ0n) is 16.0. The van der Waals surface area contributed by atoms with Gasteiger partial charge in [-0.05, 0) is 78.1 Å². The first-order chi connectivity index (χ1) is 13.1. The molecule has 3 nitrogen and oxygen atoms in total. The summed E-state index contributed by atoms with van der Waals surface area (Å²) in [6, 6.07) is 13.4. The molecule has 0 aliphatic heterocycles. The zero-order valence-corrected chi connectivity index (χ0v) is 18.1. The Labute approximate surface area is 176 Å². The van der Waals surface area contributed by atoms with Crippen LogP contribution in [0.3, 0.4) is 0 Å². The van der Waals surface area contributed by atoms with Gasteiger partial charge in [-0.15, -0.1) is 0 Å². The van der Waals surface area contributed by atoms with Crippen molar-refractivity contribution in [3.63, 3.8) is 0 Å². The summed E-state index contributed by atoms with van der Waals surface area (Å²) in [6.07, 6.45) is 9.35. The van der Waals surface area contributed by atoms with E-state index in [0.29, 0.717) is 5.56 Å². The molecule has 1 fully saturated rings. The minimum absolute atomic E-state index is 0.0950. The van der Waals surface area contributed by atoms with Gasteiger partial charge in [-0.3, -0.25) is 4.79 Å². The van der Waals surface area contributed by atoms with E-state index < -0.39 is 0 Å². The van der Waals surface area contributed by atoms with Crippen molar-refractivity contribution in [1.82, 2.24) is 0 Å². The molecule has 0 aromatic heterocycles. The second-order valence-corrected chi connectivity index (χ2v) is 8.60. The van der Waals surface area contributed by atoms with Crippen molar-refractivity contribution in [2.75, 3.05) is 11.9 Å². The van der Waals surface area contributed by atoms with Crippen molar-refractivity contribution >= 4 is 34.2 Å². The first-order valence-electron chi connectivity index (χ1n) is 9.92. The predicted octanol–water partition coefficient (Wildman–Crippen LogP) is 6.59. The molecule has 2 aromatic rings. The van der Waals surface area contributed by atoms with Crippen LogP contribution in [0.5, 0.6) is 5.75 Å². The number of halogens is 1. The first kappa shape index (κ1) is 20.2. The van der Waals surface area contributed by atoms with Crippen LogP contribution in [0.2, 0.25) is 0 Å². The third-order valence-corrected chi connectivity index (χ3v) is 6.44. The van der Waals surface area contributed by atoms with Gasteiger partial charge < -0.3 is 10.1 Å². The summed E-state index contributed by atoms with van der Waals surface area (Å²) in [5.74, 6) is 1.61. The van der Waals surface area contributed by atoms with Gasteiger partial charge in [-0.1, -0.05) is 44.2 Å². The molecule has 2 aromatic carbocycles. The van der Waals surface area contributed by atoms with Gasteiger partial charge in [0.05, 0.1) is 6.61 Å². The van der Waals surface area contributed by atoms with E-state index in [1.54, 1.807) is 0 Å². The standard InChI is InChI=1S/C23H28INO2/c1-17-12-13-19(15-22(17)24)23(26)25-20-10-5-11-21(16-20)27-14-6-9-18-7-3-2-4-8-18/h5,10-13,15-16,18H,2-4,6-9,14H2,1H3,(H,25,26). The molecule has 1 aliphatic carbocycles. The number of benzene rings is 2. The molecule has 0 atom stereocenters. The molecule has 0 saturated heterocycles. The van der Waals surface area contributed by atoms with Gasteiger partial charge in [0.2, 0.25) is 0 Å². The van der Waals surface area contributed by atoms with E-state index in [1.165, 1.54) is 44.1 Å².